The zero-order valence-corrected chi connectivity index (χ0v) is 10.3. The Morgan fingerprint density at radius 3 is 1.88 bits per heavy atom. The van der Waals surface area contributed by atoms with Crippen molar-refractivity contribution in [3.05, 3.63) is 24.3 Å². The summed E-state index contributed by atoms with van der Waals surface area (Å²) in [5.41, 5.74) is 0. The maximum atomic E-state index is 5.58. The quantitative estimate of drug-likeness (QED) is 0.621. The van der Waals surface area contributed by atoms with E-state index in [1.54, 1.807) is 0 Å². The van der Waals surface area contributed by atoms with Crippen LogP contribution < -0.4 is 9.47 Å². The molecule has 0 spiro atoms. The van der Waals surface area contributed by atoms with E-state index in [0.29, 0.717) is 0 Å². The van der Waals surface area contributed by atoms with Crippen LogP contribution in [-0.2, 0) is 0 Å². The zero-order chi connectivity index (χ0) is 11.6. The van der Waals surface area contributed by atoms with Crippen LogP contribution in [0.2, 0.25) is 0 Å². The van der Waals surface area contributed by atoms with Crippen molar-refractivity contribution in [3.8, 4) is 11.5 Å². The molecule has 1 radical (unpaired) electrons. The molecule has 0 aromatic heterocycles. The Labute approximate surface area is 98.6 Å². The van der Waals surface area contributed by atoms with Gasteiger partial charge >= 0.3 is 0 Å². The van der Waals surface area contributed by atoms with E-state index in [-0.39, 0.29) is 0 Å². The van der Waals surface area contributed by atoms with Gasteiger partial charge in [-0.2, -0.15) is 0 Å². The topological polar surface area (TPSA) is 18.5 Å². The predicted octanol–water partition coefficient (Wildman–Crippen LogP) is 3.84. The summed E-state index contributed by atoms with van der Waals surface area (Å²) in [4.78, 5) is 0. The molecule has 0 N–H and O–H groups in total. The van der Waals surface area contributed by atoms with E-state index < -0.39 is 0 Å². The van der Waals surface area contributed by atoms with Crippen LogP contribution in [0.4, 0.5) is 0 Å². The van der Waals surface area contributed by atoms with E-state index in [9.17, 15) is 0 Å². The third-order valence-electron chi connectivity index (χ3n) is 2.27. The summed E-state index contributed by atoms with van der Waals surface area (Å²) in [5.74, 6) is 1.70. The summed E-state index contributed by atoms with van der Waals surface area (Å²) in [6.45, 7) is 5.84. The molecule has 0 atom stereocenters. The summed E-state index contributed by atoms with van der Waals surface area (Å²) >= 11 is 0. The Morgan fingerprint density at radius 1 is 0.938 bits per heavy atom. The van der Waals surface area contributed by atoms with Gasteiger partial charge in [0.25, 0.3) is 0 Å². The van der Waals surface area contributed by atoms with Crippen molar-refractivity contribution in [2.45, 2.75) is 39.5 Å². The van der Waals surface area contributed by atoms with Crippen molar-refractivity contribution in [1.29, 1.82) is 0 Å². The molecule has 0 bridgehead atoms. The lowest BCUT2D eigenvalue weighted by molar-refractivity contribution is 0.294. The molecule has 0 saturated carbocycles. The second-order valence-corrected chi connectivity index (χ2v) is 3.81. The normalized spacial score (nSPS) is 10.1. The fourth-order valence-electron chi connectivity index (χ4n) is 1.26. The first-order valence-corrected chi connectivity index (χ1v) is 6.13. The van der Waals surface area contributed by atoms with E-state index >= 15 is 0 Å². The molecule has 16 heavy (non-hydrogen) atoms. The van der Waals surface area contributed by atoms with Gasteiger partial charge in [0.1, 0.15) is 11.5 Å². The number of benzene rings is 1. The summed E-state index contributed by atoms with van der Waals surface area (Å²) in [5, 5.41) is 0. The fourth-order valence-corrected chi connectivity index (χ4v) is 1.26. The van der Waals surface area contributed by atoms with E-state index in [1.165, 1.54) is 0 Å². The molecule has 0 fully saturated rings. The third-order valence-corrected chi connectivity index (χ3v) is 2.27. The summed E-state index contributed by atoms with van der Waals surface area (Å²) in [6, 6.07) is 8.66. The number of hydrogen-bond acceptors (Lipinski definition) is 2. The van der Waals surface area contributed by atoms with Crippen LogP contribution in [0.1, 0.15) is 39.5 Å². The number of hydrogen-bond donors (Lipinski definition) is 0. The van der Waals surface area contributed by atoms with Crippen molar-refractivity contribution in [2.75, 3.05) is 13.2 Å². The fraction of sp³-hybridized carbons (Fsp3) is 0.571. The molecular weight excluding hydrogens is 200 g/mol. The van der Waals surface area contributed by atoms with Crippen molar-refractivity contribution in [2.24, 2.45) is 0 Å². The molecule has 0 heterocycles. The highest BCUT2D eigenvalue weighted by Crippen LogP contribution is 2.19. The monoisotopic (exact) mass is 221 g/mol. The van der Waals surface area contributed by atoms with Gasteiger partial charge < -0.3 is 9.47 Å². The van der Waals surface area contributed by atoms with Gasteiger partial charge in [-0.25, -0.2) is 0 Å². The Kier molecular flexibility index (Phi) is 6.47. The largest absolute Gasteiger partial charge is 0.493 e. The van der Waals surface area contributed by atoms with Gasteiger partial charge in [0, 0.05) is 6.07 Å². The Bertz CT molecular complexity index is 259. The van der Waals surface area contributed by atoms with Crippen LogP contribution in [0.5, 0.6) is 11.5 Å². The average molecular weight is 221 g/mol. The lowest BCUT2D eigenvalue weighted by Crippen LogP contribution is -1.99. The van der Waals surface area contributed by atoms with Crippen LogP contribution in [0.25, 0.3) is 0 Å². The molecule has 0 saturated heterocycles. The van der Waals surface area contributed by atoms with Gasteiger partial charge in [0.2, 0.25) is 0 Å². The highest BCUT2D eigenvalue weighted by molar-refractivity contribution is 5.32. The minimum atomic E-state index is 0.767. The van der Waals surface area contributed by atoms with E-state index in [1.807, 2.05) is 18.2 Å². The van der Waals surface area contributed by atoms with Gasteiger partial charge in [0.15, 0.2) is 0 Å². The SMILES string of the molecule is CCCCOc1c[c]cc(OCCCC)c1. The van der Waals surface area contributed by atoms with Gasteiger partial charge in [-0.05, 0) is 31.0 Å². The van der Waals surface area contributed by atoms with Crippen molar-refractivity contribution >= 4 is 0 Å². The highest BCUT2D eigenvalue weighted by Gasteiger charge is 1.97. The number of rotatable bonds is 8. The zero-order valence-electron chi connectivity index (χ0n) is 10.3. The molecule has 0 aliphatic heterocycles. The van der Waals surface area contributed by atoms with Gasteiger partial charge in [-0.1, -0.05) is 26.7 Å². The van der Waals surface area contributed by atoms with E-state index in [0.717, 1.165) is 50.4 Å². The van der Waals surface area contributed by atoms with Crippen LogP contribution >= 0.6 is 0 Å². The van der Waals surface area contributed by atoms with Crippen molar-refractivity contribution in [3.63, 3.8) is 0 Å². The summed E-state index contributed by atoms with van der Waals surface area (Å²) in [7, 11) is 0. The molecule has 0 aliphatic carbocycles. The van der Waals surface area contributed by atoms with Gasteiger partial charge in [0.05, 0.1) is 13.2 Å². The summed E-state index contributed by atoms with van der Waals surface area (Å²) < 4.78 is 11.2. The van der Waals surface area contributed by atoms with Crippen LogP contribution in [-0.4, -0.2) is 13.2 Å². The maximum Gasteiger partial charge on any atom is 0.123 e. The molecule has 0 amide bonds. The standard InChI is InChI=1S/C14H21O2/c1-3-5-10-15-13-8-7-9-14(12-13)16-11-6-4-2/h8-9,12H,3-6,10-11H2,1-2H3. The molecule has 1 rings (SSSR count). The lowest BCUT2D eigenvalue weighted by atomic mass is 10.3. The predicted molar refractivity (Wildman–Crippen MR) is 66.1 cm³/mol. The molecule has 89 valence electrons. The second kappa shape index (κ2) is 8.03. The first-order chi connectivity index (χ1) is 7.86. The minimum absolute atomic E-state index is 0.767. The Morgan fingerprint density at radius 2 is 1.44 bits per heavy atom. The first-order valence-electron chi connectivity index (χ1n) is 6.13. The molecule has 2 nitrogen and oxygen atoms in total. The van der Waals surface area contributed by atoms with Gasteiger partial charge in [-0.3, -0.25) is 0 Å². The van der Waals surface area contributed by atoms with E-state index in [4.69, 9.17) is 9.47 Å². The number of ether oxygens (including phenoxy) is 2. The molecule has 0 aliphatic rings. The summed E-state index contributed by atoms with van der Waals surface area (Å²) in [6.07, 6.45) is 4.47. The van der Waals surface area contributed by atoms with Crippen molar-refractivity contribution in [1.82, 2.24) is 0 Å². The Balaban J connectivity index is 2.37. The third kappa shape index (κ3) is 5.06. The molecular formula is C14H21O2. The van der Waals surface area contributed by atoms with Crippen LogP contribution in [0.3, 0.4) is 0 Å². The van der Waals surface area contributed by atoms with Crippen LogP contribution in [0.15, 0.2) is 18.2 Å². The molecule has 1 aromatic carbocycles. The highest BCUT2D eigenvalue weighted by atomic mass is 16.5. The lowest BCUT2D eigenvalue weighted by Gasteiger charge is -2.08. The Hall–Kier alpha value is -1.18. The van der Waals surface area contributed by atoms with Gasteiger partial charge in [-0.15, -0.1) is 0 Å². The van der Waals surface area contributed by atoms with Crippen molar-refractivity contribution < 1.29 is 9.47 Å². The smallest absolute Gasteiger partial charge is 0.123 e. The molecule has 0 unspecified atom stereocenters. The van der Waals surface area contributed by atoms with E-state index in [2.05, 4.69) is 19.9 Å². The average Bonchev–Trinajstić information content (AvgIpc) is 2.30. The molecule has 1 aromatic rings. The van der Waals surface area contributed by atoms with Crippen LogP contribution in [0, 0.1) is 6.07 Å². The second-order valence-electron chi connectivity index (χ2n) is 3.81. The molecule has 2 heteroatoms. The number of unbranched alkanes of at least 4 members (excludes halogenated alkanes) is 2. The maximum absolute atomic E-state index is 5.58. The first kappa shape index (κ1) is 12.9. The minimum Gasteiger partial charge on any atom is -0.493 e.